The number of rotatable bonds is 46. The van der Waals surface area contributed by atoms with Crippen LogP contribution in [0.5, 0.6) is 0 Å². The van der Waals surface area contributed by atoms with Crippen molar-refractivity contribution in [1.29, 1.82) is 0 Å². The summed E-state index contributed by atoms with van der Waals surface area (Å²) in [6.45, 7) is 7.52. The van der Waals surface area contributed by atoms with Gasteiger partial charge in [0.25, 0.3) is 0 Å². The van der Waals surface area contributed by atoms with Gasteiger partial charge in [-0.3, -0.25) is 24.0 Å². The lowest BCUT2D eigenvalue weighted by atomic mass is 10.0. The molecule has 1 unspecified atom stereocenters. The van der Waals surface area contributed by atoms with Crippen LogP contribution in [0.1, 0.15) is 245 Å². The molecular formula is C51H95NO10. The predicted octanol–water partition coefficient (Wildman–Crippen LogP) is 12.7. The summed E-state index contributed by atoms with van der Waals surface area (Å²) in [5, 5.41) is 0. The first-order valence-corrected chi connectivity index (χ1v) is 25.6. The Labute approximate surface area is 379 Å². The van der Waals surface area contributed by atoms with Gasteiger partial charge >= 0.3 is 29.8 Å². The molecule has 11 heteroatoms. The van der Waals surface area contributed by atoms with Crippen LogP contribution in [0.3, 0.4) is 0 Å². The molecule has 0 fully saturated rings. The van der Waals surface area contributed by atoms with Gasteiger partial charge in [0.15, 0.2) is 6.10 Å². The van der Waals surface area contributed by atoms with Gasteiger partial charge in [-0.15, -0.1) is 0 Å². The van der Waals surface area contributed by atoms with Crippen LogP contribution in [0.25, 0.3) is 0 Å². The van der Waals surface area contributed by atoms with Crippen LogP contribution in [0, 0.1) is 0 Å². The van der Waals surface area contributed by atoms with Crippen molar-refractivity contribution >= 4 is 29.8 Å². The molecule has 0 aliphatic carbocycles. The maximum atomic E-state index is 12.8. The lowest BCUT2D eigenvalue weighted by molar-refractivity contribution is -0.167. The number of esters is 5. The Kier molecular flexibility index (Phi) is 43.0. The quantitative estimate of drug-likeness (QED) is 0.0328. The first kappa shape index (κ1) is 59.3. The van der Waals surface area contributed by atoms with E-state index in [4.69, 9.17) is 23.7 Å². The summed E-state index contributed by atoms with van der Waals surface area (Å²) in [4.78, 5) is 64.5. The molecule has 0 spiro atoms. The summed E-state index contributed by atoms with van der Waals surface area (Å²) >= 11 is 0. The second kappa shape index (κ2) is 44.9. The van der Waals surface area contributed by atoms with Gasteiger partial charge in [-0.05, 0) is 84.8 Å². The zero-order chi connectivity index (χ0) is 45.7. The van der Waals surface area contributed by atoms with E-state index in [1.54, 1.807) is 0 Å². The zero-order valence-corrected chi connectivity index (χ0v) is 40.8. The van der Waals surface area contributed by atoms with E-state index in [0.29, 0.717) is 51.6 Å². The van der Waals surface area contributed by atoms with Gasteiger partial charge in [0.1, 0.15) is 19.3 Å². The van der Waals surface area contributed by atoms with Crippen molar-refractivity contribution in [2.75, 3.05) is 40.5 Å². The van der Waals surface area contributed by atoms with Crippen LogP contribution in [0.2, 0.25) is 0 Å². The third kappa shape index (κ3) is 42.6. The molecule has 0 saturated heterocycles. The van der Waals surface area contributed by atoms with Gasteiger partial charge in [-0.25, -0.2) is 0 Å². The maximum Gasteiger partial charge on any atom is 0.306 e. The molecule has 0 amide bonds. The highest BCUT2D eigenvalue weighted by atomic mass is 16.6. The van der Waals surface area contributed by atoms with Crippen LogP contribution in [0.15, 0.2) is 0 Å². The molecule has 0 N–H and O–H groups in total. The van der Waals surface area contributed by atoms with Gasteiger partial charge in [0.05, 0.1) is 6.61 Å². The van der Waals surface area contributed by atoms with Crippen LogP contribution >= 0.6 is 0 Å². The molecule has 62 heavy (non-hydrogen) atoms. The van der Waals surface area contributed by atoms with Crippen LogP contribution in [0.4, 0.5) is 0 Å². The molecule has 0 aromatic heterocycles. The van der Waals surface area contributed by atoms with E-state index in [-0.39, 0.29) is 50.5 Å². The van der Waals surface area contributed by atoms with E-state index in [1.807, 2.05) is 19.0 Å². The molecule has 0 aliphatic rings. The van der Waals surface area contributed by atoms with Crippen LogP contribution in [-0.2, 0) is 47.7 Å². The Bertz CT molecular complexity index is 1070. The minimum absolute atomic E-state index is 0.00629. The number of unbranched alkanes of at least 4 members (excludes halogenated alkanes) is 22. The standard InChI is InChI=1S/C51H95NO10/c1-6-9-12-15-18-24-32-42-58-47(53)36-28-22-19-23-29-37-48(54)59-43-46(62-51(57)40-33-41-52(4)5)44-60-49(55)38-30-25-31-39-50(56)61-45(34-26-20-16-13-10-7-2)35-27-21-17-14-11-8-3/h45-46H,6-44H2,1-5H3. The summed E-state index contributed by atoms with van der Waals surface area (Å²) in [5.74, 6) is -1.53. The van der Waals surface area contributed by atoms with Gasteiger partial charge in [-0.2, -0.15) is 0 Å². The molecule has 0 aliphatic heterocycles. The highest BCUT2D eigenvalue weighted by Gasteiger charge is 2.20. The molecule has 0 bridgehead atoms. The largest absolute Gasteiger partial charge is 0.466 e. The second-order valence-electron chi connectivity index (χ2n) is 17.8. The summed E-state index contributed by atoms with van der Waals surface area (Å²) in [5.41, 5.74) is 0. The number of hydrogen-bond acceptors (Lipinski definition) is 11. The number of carbonyl (C=O) groups is 5. The molecule has 0 radical (unpaired) electrons. The van der Waals surface area contributed by atoms with Crippen LogP contribution < -0.4 is 0 Å². The molecule has 0 aromatic carbocycles. The van der Waals surface area contributed by atoms with Crippen molar-refractivity contribution in [2.24, 2.45) is 0 Å². The van der Waals surface area contributed by atoms with E-state index < -0.39 is 24.0 Å². The van der Waals surface area contributed by atoms with Gasteiger partial charge in [0.2, 0.25) is 0 Å². The Balaban J connectivity index is 4.51. The lowest BCUT2D eigenvalue weighted by Gasteiger charge is -2.19. The van der Waals surface area contributed by atoms with Crippen molar-refractivity contribution in [3.63, 3.8) is 0 Å². The maximum absolute atomic E-state index is 12.8. The van der Waals surface area contributed by atoms with Crippen molar-refractivity contribution < 1.29 is 47.7 Å². The van der Waals surface area contributed by atoms with E-state index in [0.717, 1.165) is 70.8 Å². The van der Waals surface area contributed by atoms with Gasteiger partial charge in [0, 0.05) is 32.1 Å². The monoisotopic (exact) mass is 882 g/mol. The average Bonchev–Trinajstić information content (AvgIpc) is 3.24. The normalized spacial score (nSPS) is 11.8. The third-order valence-corrected chi connectivity index (χ3v) is 11.2. The Morgan fingerprint density at radius 3 is 1.11 bits per heavy atom. The fourth-order valence-corrected chi connectivity index (χ4v) is 7.33. The predicted molar refractivity (Wildman–Crippen MR) is 250 cm³/mol. The second-order valence-corrected chi connectivity index (χ2v) is 17.8. The highest BCUT2D eigenvalue weighted by molar-refractivity contribution is 5.71. The van der Waals surface area contributed by atoms with E-state index in [1.165, 1.54) is 96.3 Å². The molecule has 0 saturated carbocycles. The van der Waals surface area contributed by atoms with Crippen molar-refractivity contribution in [3.8, 4) is 0 Å². The smallest absolute Gasteiger partial charge is 0.306 e. The molecule has 0 heterocycles. The zero-order valence-electron chi connectivity index (χ0n) is 40.8. The minimum Gasteiger partial charge on any atom is -0.466 e. The molecule has 0 rings (SSSR count). The summed E-state index contributed by atoms with van der Waals surface area (Å²) < 4.78 is 27.8. The molecule has 11 nitrogen and oxygen atoms in total. The Morgan fingerprint density at radius 2 is 0.677 bits per heavy atom. The van der Waals surface area contributed by atoms with E-state index in [9.17, 15) is 24.0 Å². The summed E-state index contributed by atoms with van der Waals surface area (Å²) in [6, 6.07) is 0. The number of nitrogens with zero attached hydrogens (tertiary/aromatic N) is 1. The van der Waals surface area contributed by atoms with Gasteiger partial charge in [-0.1, -0.05) is 149 Å². The molecule has 364 valence electrons. The topological polar surface area (TPSA) is 135 Å². The first-order chi connectivity index (χ1) is 30.1. The van der Waals surface area contributed by atoms with E-state index >= 15 is 0 Å². The lowest BCUT2D eigenvalue weighted by Crippen LogP contribution is -2.31. The van der Waals surface area contributed by atoms with Crippen molar-refractivity contribution in [1.82, 2.24) is 4.90 Å². The Morgan fingerprint density at radius 1 is 0.355 bits per heavy atom. The van der Waals surface area contributed by atoms with Crippen molar-refractivity contribution in [2.45, 2.75) is 258 Å². The molecular weight excluding hydrogens is 787 g/mol. The fraction of sp³-hybridized carbons (Fsp3) is 0.902. The van der Waals surface area contributed by atoms with E-state index in [2.05, 4.69) is 20.8 Å². The summed E-state index contributed by atoms with van der Waals surface area (Å²) in [7, 11) is 3.86. The number of carbonyl (C=O) groups excluding carboxylic acids is 5. The molecule has 0 aromatic rings. The SMILES string of the molecule is CCCCCCCCCOC(=O)CCCCCCCC(=O)OCC(COC(=O)CCCCCC(=O)OC(CCCCCCCC)CCCCCCCC)OC(=O)CCCN(C)C. The van der Waals surface area contributed by atoms with Gasteiger partial charge < -0.3 is 28.6 Å². The molecule has 1 atom stereocenters. The number of ether oxygens (including phenoxy) is 5. The average molecular weight is 882 g/mol. The number of hydrogen-bond donors (Lipinski definition) is 0. The van der Waals surface area contributed by atoms with Crippen LogP contribution in [-0.4, -0.2) is 87.4 Å². The third-order valence-electron chi connectivity index (χ3n) is 11.2. The fourth-order valence-electron chi connectivity index (χ4n) is 7.33. The van der Waals surface area contributed by atoms with Crippen molar-refractivity contribution in [3.05, 3.63) is 0 Å². The first-order valence-electron chi connectivity index (χ1n) is 25.6. The highest BCUT2D eigenvalue weighted by Crippen LogP contribution is 2.19. The Hall–Kier alpha value is -2.69. The summed E-state index contributed by atoms with van der Waals surface area (Å²) in [6.07, 6.45) is 31.9. The minimum atomic E-state index is -0.893.